The maximum atomic E-state index is 12.4. The molecule has 1 aliphatic heterocycles. The van der Waals surface area contributed by atoms with E-state index >= 15 is 0 Å². The summed E-state index contributed by atoms with van der Waals surface area (Å²) in [6, 6.07) is 6.30. The predicted octanol–water partition coefficient (Wildman–Crippen LogP) is 2.61. The first-order chi connectivity index (χ1) is 8.61. The molecule has 5 nitrogen and oxygen atoms in total. The second-order valence-corrected chi connectivity index (χ2v) is 4.62. The number of benzene rings is 1. The third kappa shape index (κ3) is 2.34. The van der Waals surface area contributed by atoms with Gasteiger partial charge in [-0.3, -0.25) is 14.9 Å². The van der Waals surface area contributed by atoms with Crippen molar-refractivity contribution in [2.24, 2.45) is 0 Å². The lowest BCUT2D eigenvalue weighted by atomic mass is 10.0. The molecular weight excluding hydrogens is 232 g/mol. The average molecular weight is 248 g/mol. The van der Waals surface area contributed by atoms with Crippen LogP contribution in [0.3, 0.4) is 0 Å². The van der Waals surface area contributed by atoms with Crippen LogP contribution >= 0.6 is 0 Å². The number of hydrogen-bond donors (Lipinski definition) is 0. The van der Waals surface area contributed by atoms with Crippen molar-refractivity contribution in [2.75, 3.05) is 6.54 Å². The molecule has 1 amide bonds. The molecule has 96 valence electrons. The molecule has 0 aromatic heterocycles. The number of hydrogen-bond acceptors (Lipinski definition) is 3. The molecule has 0 N–H and O–H groups in total. The van der Waals surface area contributed by atoms with Crippen LogP contribution in [0.15, 0.2) is 24.3 Å². The second kappa shape index (κ2) is 5.16. The van der Waals surface area contributed by atoms with Gasteiger partial charge in [-0.25, -0.2) is 0 Å². The van der Waals surface area contributed by atoms with E-state index in [9.17, 15) is 14.9 Å². The average Bonchev–Trinajstić information content (AvgIpc) is 2.38. The first-order valence-electron chi connectivity index (χ1n) is 6.15. The molecule has 2 rings (SSSR count). The molecule has 1 heterocycles. The molecule has 1 atom stereocenters. The van der Waals surface area contributed by atoms with E-state index in [2.05, 4.69) is 0 Å². The number of likely N-dealkylation sites (tertiary alicyclic amines) is 1. The van der Waals surface area contributed by atoms with Crippen LogP contribution in [0.2, 0.25) is 0 Å². The monoisotopic (exact) mass is 248 g/mol. The highest BCUT2D eigenvalue weighted by atomic mass is 16.6. The van der Waals surface area contributed by atoms with Gasteiger partial charge in [0.1, 0.15) is 5.56 Å². The summed E-state index contributed by atoms with van der Waals surface area (Å²) in [6.07, 6.45) is 3.05. The fourth-order valence-corrected chi connectivity index (χ4v) is 2.37. The zero-order valence-corrected chi connectivity index (χ0v) is 10.3. The van der Waals surface area contributed by atoms with Gasteiger partial charge in [0.05, 0.1) is 4.92 Å². The molecule has 1 saturated heterocycles. The van der Waals surface area contributed by atoms with Crippen LogP contribution in [-0.4, -0.2) is 28.3 Å². The number of para-hydroxylation sites is 1. The Labute approximate surface area is 106 Å². The maximum absolute atomic E-state index is 12.4. The van der Waals surface area contributed by atoms with Gasteiger partial charge < -0.3 is 4.90 Å². The number of amides is 1. The van der Waals surface area contributed by atoms with Crippen molar-refractivity contribution in [3.05, 3.63) is 39.9 Å². The lowest BCUT2D eigenvalue weighted by Gasteiger charge is -2.33. The summed E-state index contributed by atoms with van der Waals surface area (Å²) in [6.45, 7) is 2.68. The van der Waals surface area contributed by atoms with Gasteiger partial charge in [0.15, 0.2) is 0 Å². The van der Waals surface area contributed by atoms with Gasteiger partial charge in [0.2, 0.25) is 0 Å². The van der Waals surface area contributed by atoms with E-state index < -0.39 is 4.92 Å². The SMILES string of the molecule is CC1CCCCN1C(=O)c1ccccc1[N+](=O)[O-]. The van der Waals surface area contributed by atoms with Crippen molar-refractivity contribution in [1.82, 2.24) is 4.90 Å². The molecule has 0 radical (unpaired) electrons. The van der Waals surface area contributed by atoms with Gasteiger partial charge in [-0.2, -0.15) is 0 Å². The van der Waals surface area contributed by atoms with E-state index in [0.717, 1.165) is 19.3 Å². The highest BCUT2D eigenvalue weighted by Crippen LogP contribution is 2.24. The van der Waals surface area contributed by atoms with Crippen LogP contribution in [0.4, 0.5) is 5.69 Å². The summed E-state index contributed by atoms with van der Waals surface area (Å²) >= 11 is 0. The molecule has 5 heteroatoms. The van der Waals surface area contributed by atoms with Gasteiger partial charge in [-0.1, -0.05) is 12.1 Å². The smallest absolute Gasteiger partial charge is 0.282 e. The van der Waals surface area contributed by atoms with E-state index in [4.69, 9.17) is 0 Å². The first kappa shape index (κ1) is 12.5. The van der Waals surface area contributed by atoms with Crippen molar-refractivity contribution in [3.63, 3.8) is 0 Å². The molecule has 1 unspecified atom stereocenters. The highest BCUT2D eigenvalue weighted by molar-refractivity contribution is 5.98. The van der Waals surface area contributed by atoms with Crippen LogP contribution in [0.5, 0.6) is 0 Å². The molecule has 0 spiro atoms. The Bertz CT molecular complexity index is 473. The number of nitro groups is 1. The van der Waals surface area contributed by atoms with E-state index in [1.807, 2.05) is 6.92 Å². The van der Waals surface area contributed by atoms with Gasteiger partial charge in [0, 0.05) is 18.7 Å². The Morgan fingerprint density at radius 3 is 2.78 bits per heavy atom. The topological polar surface area (TPSA) is 63.5 Å². The van der Waals surface area contributed by atoms with E-state index in [1.54, 1.807) is 17.0 Å². The summed E-state index contributed by atoms with van der Waals surface area (Å²) in [5.74, 6) is -0.227. The highest BCUT2D eigenvalue weighted by Gasteiger charge is 2.28. The third-order valence-electron chi connectivity index (χ3n) is 3.39. The van der Waals surface area contributed by atoms with Crippen LogP contribution in [-0.2, 0) is 0 Å². The van der Waals surface area contributed by atoms with E-state index in [-0.39, 0.29) is 23.2 Å². The minimum atomic E-state index is -0.498. The molecular formula is C13H16N2O3. The number of rotatable bonds is 2. The number of nitrogens with zero attached hydrogens (tertiary/aromatic N) is 2. The van der Waals surface area contributed by atoms with Crippen molar-refractivity contribution in [3.8, 4) is 0 Å². The largest absolute Gasteiger partial charge is 0.336 e. The quantitative estimate of drug-likeness (QED) is 0.597. The summed E-state index contributed by atoms with van der Waals surface area (Å²) < 4.78 is 0. The van der Waals surface area contributed by atoms with E-state index in [1.165, 1.54) is 12.1 Å². The standard InChI is InChI=1S/C13H16N2O3/c1-10-6-4-5-9-14(10)13(16)11-7-2-3-8-12(11)15(17)18/h2-3,7-8,10H,4-6,9H2,1H3. The summed E-state index contributed by atoms with van der Waals surface area (Å²) in [5, 5.41) is 10.9. The normalized spacial score (nSPS) is 19.6. The molecule has 1 aromatic rings. The minimum Gasteiger partial charge on any atom is -0.336 e. The summed E-state index contributed by atoms with van der Waals surface area (Å²) in [7, 11) is 0. The molecule has 0 saturated carbocycles. The van der Waals surface area contributed by atoms with Crippen LogP contribution < -0.4 is 0 Å². The zero-order chi connectivity index (χ0) is 13.1. The molecule has 1 aromatic carbocycles. The molecule has 0 aliphatic carbocycles. The van der Waals surface area contributed by atoms with Gasteiger partial charge in [-0.15, -0.1) is 0 Å². The van der Waals surface area contributed by atoms with Crippen LogP contribution in [0.25, 0.3) is 0 Å². The Morgan fingerprint density at radius 1 is 1.39 bits per heavy atom. The van der Waals surface area contributed by atoms with Crippen molar-refractivity contribution in [2.45, 2.75) is 32.2 Å². The van der Waals surface area contributed by atoms with Gasteiger partial charge >= 0.3 is 0 Å². The second-order valence-electron chi connectivity index (χ2n) is 4.62. The Hall–Kier alpha value is -1.91. The minimum absolute atomic E-state index is 0.111. The van der Waals surface area contributed by atoms with E-state index in [0.29, 0.717) is 6.54 Å². The van der Waals surface area contributed by atoms with Crippen LogP contribution in [0.1, 0.15) is 36.5 Å². The first-order valence-corrected chi connectivity index (χ1v) is 6.15. The maximum Gasteiger partial charge on any atom is 0.282 e. The molecule has 1 fully saturated rings. The number of carbonyl (C=O) groups is 1. The predicted molar refractivity (Wildman–Crippen MR) is 67.4 cm³/mol. The van der Waals surface area contributed by atoms with Crippen molar-refractivity contribution in [1.29, 1.82) is 0 Å². The molecule has 1 aliphatic rings. The lowest BCUT2D eigenvalue weighted by molar-refractivity contribution is -0.385. The number of carbonyl (C=O) groups excluding carboxylic acids is 1. The van der Waals surface area contributed by atoms with Gasteiger partial charge in [-0.05, 0) is 32.3 Å². The Balaban J connectivity index is 2.30. The lowest BCUT2D eigenvalue weighted by Crippen LogP contribution is -2.42. The number of piperidine rings is 1. The summed E-state index contributed by atoms with van der Waals surface area (Å²) in [4.78, 5) is 24.5. The Morgan fingerprint density at radius 2 is 2.11 bits per heavy atom. The van der Waals surface area contributed by atoms with Crippen molar-refractivity contribution < 1.29 is 9.72 Å². The summed E-state index contributed by atoms with van der Waals surface area (Å²) in [5.41, 5.74) is 0.0801. The fraction of sp³-hybridized carbons (Fsp3) is 0.462. The number of nitro benzene ring substituents is 1. The zero-order valence-electron chi connectivity index (χ0n) is 10.3. The van der Waals surface area contributed by atoms with Crippen LogP contribution in [0, 0.1) is 10.1 Å². The third-order valence-corrected chi connectivity index (χ3v) is 3.39. The van der Waals surface area contributed by atoms with Crippen molar-refractivity contribution >= 4 is 11.6 Å². The fourth-order valence-electron chi connectivity index (χ4n) is 2.37. The molecule has 0 bridgehead atoms. The van der Waals surface area contributed by atoms with Gasteiger partial charge in [0.25, 0.3) is 11.6 Å². The Kier molecular flexibility index (Phi) is 3.60. The molecule has 18 heavy (non-hydrogen) atoms.